The van der Waals surface area contributed by atoms with E-state index >= 15 is 0 Å². The number of hydrogen-bond donors (Lipinski definition) is 0. The van der Waals surface area contributed by atoms with Crippen molar-refractivity contribution in [1.82, 2.24) is 0 Å². The molecule has 1 saturated heterocycles. The number of carbonyl (C=O) groups excluding carboxylic acids is 1. The van der Waals surface area contributed by atoms with Gasteiger partial charge in [0.15, 0.2) is 5.78 Å². The van der Waals surface area contributed by atoms with Crippen molar-refractivity contribution in [3.8, 4) is 0 Å². The van der Waals surface area contributed by atoms with E-state index in [9.17, 15) is 4.79 Å². The van der Waals surface area contributed by atoms with Gasteiger partial charge < -0.3 is 0 Å². The number of thioether (sulfide) groups is 2. The maximum Gasteiger partial charge on any atom is 0.150 e. The van der Waals surface area contributed by atoms with E-state index in [-0.39, 0.29) is 14.9 Å². The van der Waals surface area contributed by atoms with Gasteiger partial charge in [0.25, 0.3) is 0 Å². The van der Waals surface area contributed by atoms with E-state index in [4.69, 9.17) is 0 Å². The van der Waals surface area contributed by atoms with Crippen molar-refractivity contribution in [1.29, 1.82) is 0 Å². The van der Waals surface area contributed by atoms with Crippen molar-refractivity contribution in [2.75, 3.05) is 11.5 Å². The van der Waals surface area contributed by atoms with E-state index in [1.807, 2.05) is 23.5 Å². The highest BCUT2D eigenvalue weighted by Gasteiger charge is 2.62. The molecule has 0 N–H and O–H groups in total. The third-order valence-electron chi connectivity index (χ3n) is 4.69. The van der Waals surface area contributed by atoms with Gasteiger partial charge in [-0.05, 0) is 31.4 Å². The number of Topliss-reactive ketones (excluding diaryl/α,β-unsaturated/α-hetero) is 1. The largest absolute Gasteiger partial charge is 0.298 e. The first-order valence-corrected chi connectivity index (χ1v) is 8.54. The monoisotopic (exact) mass is 280 g/mol. The van der Waals surface area contributed by atoms with E-state index in [1.165, 1.54) is 11.1 Å². The Bertz CT molecular complexity index is 477. The summed E-state index contributed by atoms with van der Waals surface area (Å²) in [5, 5.41) is 0. The molecule has 0 aromatic heterocycles. The number of ketones is 1. The van der Waals surface area contributed by atoms with Crippen LogP contribution in [0, 0.1) is 10.8 Å². The Morgan fingerprint density at radius 2 is 1.72 bits per heavy atom. The number of allylic oxidation sites excluding steroid dienone is 3. The van der Waals surface area contributed by atoms with Crippen LogP contribution >= 0.6 is 23.5 Å². The number of carbonyl (C=O) groups is 1. The topological polar surface area (TPSA) is 17.1 Å². The summed E-state index contributed by atoms with van der Waals surface area (Å²) >= 11 is 3.97. The standard InChI is InChI=1S/C15H20OS2/c1-13(2)10-6-5-7-11(10)15(17-8-9-18-15)14(3,4)12(13)16/h5,7H,6,8-9H2,1-4H3. The molecule has 0 atom stereocenters. The Morgan fingerprint density at radius 1 is 1.11 bits per heavy atom. The average molecular weight is 280 g/mol. The summed E-state index contributed by atoms with van der Waals surface area (Å²) in [6.07, 6.45) is 5.49. The molecule has 3 aliphatic rings. The summed E-state index contributed by atoms with van der Waals surface area (Å²) in [5.74, 6) is 2.73. The molecule has 98 valence electrons. The van der Waals surface area contributed by atoms with Crippen molar-refractivity contribution in [2.45, 2.75) is 38.2 Å². The van der Waals surface area contributed by atoms with Gasteiger partial charge in [-0.1, -0.05) is 26.0 Å². The SMILES string of the molecule is CC1(C)C(=O)C(C)(C)C2(SCCS2)C2=C1CC=C2. The lowest BCUT2D eigenvalue weighted by Crippen LogP contribution is -2.54. The van der Waals surface area contributed by atoms with Crippen LogP contribution in [0.25, 0.3) is 0 Å². The minimum atomic E-state index is -0.294. The lowest BCUT2D eigenvalue weighted by atomic mass is 9.61. The van der Waals surface area contributed by atoms with Gasteiger partial charge in [0, 0.05) is 16.9 Å². The minimum Gasteiger partial charge on any atom is -0.298 e. The summed E-state index contributed by atoms with van der Waals surface area (Å²) < 4.78 is -0.0259. The van der Waals surface area contributed by atoms with Gasteiger partial charge in [-0.2, -0.15) is 0 Å². The molecule has 1 fully saturated rings. The zero-order valence-corrected chi connectivity index (χ0v) is 13.1. The Labute approximate surface area is 118 Å². The van der Waals surface area contributed by atoms with Crippen molar-refractivity contribution in [2.24, 2.45) is 10.8 Å². The van der Waals surface area contributed by atoms with Gasteiger partial charge in [-0.25, -0.2) is 0 Å². The highest BCUT2D eigenvalue weighted by Crippen LogP contribution is 2.66. The van der Waals surface area contributed by atoms with E-state index in [1.54, 1.807) is 0 Å². The van der Waals surface area contributed by atoms with E-state index in [2.05, 4.69) is 39.8 Å². The molecule has 1 aliphatic heterocycles. The molecule has 3 heteroatoms. The summed E-state index contributed by atoms with van der Waals surface area (Å²) in [6.45, 7) is 8.52. The van der Waals surface area contributed by atoms with Gasteiger partial charge in [0.2, 0.25) is 0 Å². The molecule has 0 bridgehead atoms. The predicted molar refractivity (Wildman–Crippen MR) is 81.0 cm³/mol. The second kappa shape index (κ2) is 3.69. The first kappa shape index (κ1) is 12.9. The van der Waals surface area contributed by atoms with Crippen molar-refractivity contribution in [3.63, 3.8) is 0 Å². The van der Waals surface area contributed by atoms with Gasteiger partial charge in [-0.15, -0.1) is 23.5 Å². The molecule has 3 rings (SSSR count). The maximum absolute atomic E-state index is 13.0. The molecule has 1 nitrogen and oxygen atoms in total. The molecular formula is C15H20OS2. The molecule has 0 unspecified atom stereocenters. The number of rotatable bonds is 0. The molecule has 1 heterocycles. The highest BCUT2D eigenvalue weighted by atomic mass is 32.2. The van der Waals surface area contributed by atoms with E-state index in [0.29, 0.717) is 5.78 Å². The first-order valence-electron chi connectivity index (χ1n) is 6.57. The van der Waals surface area contributed by atoms with Gasteiger partial charge >= 0.3 is 0 Å². The van der Waals surface area contributed by atoms with E-state index in [0.717, 1.165) is 17.9 Å². The van der Waals surface area contributed by atoms with Crippen LogP contribution in [0.15, 0.2) is 23.3 Å². The fourth-order valence-corrected chi connectivity index (χ4v) is 7.41. The average Bonchev–Trinajstić information content (AvgIpc) is 2.95. The number of hydrogen-bond acceptors (Lipinski definition) is 3. The number of fused-ring (bicyclic) bond motifs is 1. The Morgan fingerprint density at radius 3 is 2.33 bits per heavy atom. The molecule has 1 spiro atoms. The first-order chi connectivity index (χ1) is 8.34. The molecule has 0 saturated carbocycles. The van der Waals surface area contributed by atoms with Gasteiger partial charge in [0.05, 0.1) is 9.49 Å². The summed E-state index contributed by atoms with van der Waals surface area (Å²) in [7, 11) is 0. The molecule has 0 aromatic carbocycles. The normalized spacial score (nSPS) is 31.2. The van der Waals surface area contributed by atoms with Crippen LogP contribution in [0.1, 0.15) is 34.1 Å². The van der Waals surface area contributed by atoms with Crippen LogP contribution in [0.4, 0.5) is 0 Å². The Hall–Kier alpha value is -0.150. The quantitative estimate of drug-likeness (QED) is 0.666. The van der Waals surface area contributed by atoms with Crippen molar-refractivity contribution in [3.05, 3.63) is 23.3 Å². The smallest absolute Gasteiger partial charge is 0.150 e. The molecule has 18 heavy (non-hydrogen) atoms. The molecule has 0 amide bonds. The third kappa shape index (κ3) is 1.30. The lowest BCUT2D eigenvalue weighted by molar-refractivity contribution is -0.135. The minimum absolute atomic E-state index is 0.0259. The highest BCUT2D eigenvalue weighted by molar-refractivity contribution is 8.21. The Balaban J connectivity index is 2.27. The van der Waals surface area contributed by atoms with Crippen LogP contribution in [0.3, 0.4) is 0 Å². The third-order valence-corrected chi connectivity index (χ3v) is 8.75. The zero-order chi connectivity index (χ0) is 13.2. The van der Waals surface area contributed by atoms with Crippen LogP contribution in [-0.2, 0) is 4.79 Å². The van der Waals surface area contributed by atoms with Gasteiger partial charge in [-0.3, -0.25) is 4.79 Å². The Kier molecular flexibility index (Phi) is 2.64. The molecule has 0 aromatic rings. The predicted octanol–water partition coefficient (Wildman–Crippen LogP) is 4.05. The summed E-state index contributed by atoms with van der Waals surface area (Å²) in [4.78, 5) is 13.0. The van der Waals surface area contributed by atoms with Crippen molar-refractivity contribution >= 4 is 29.3 Å². The van der Waals surface area contributed by atoms with Crippen LogP contribution < -0.4 is 0 Å². The fourth-order valence-electron chi connectivity index (χ4n) is 3.74. The lowest BCUT2D eigenvalue weighted by Gasteiger charge is -2.51. The van der Waals surface area contributed by atoms with Crippen LogP contribution in [0.5, 0.6) is 0 Å². The molecular weight excluding hydrogens is 260 g/mol. The summed E-state index contributed by atoms with van der Waals surface area (Å²) in [5.41, 5.74) is 2.24. The zero-order valence-electron chi connectivity index (χ0n) is 11.5. The van der Waals surface area contributed by atoms with E-state index < -0.39 is 0 Å². The fraction of sp³-hybridized carbons (Fsp3) is 0.667. The van der Waals surface area contributed by atoms with Crippen molar-refractivity contribution < 1.29 is 4.79 Å². The molecule has 2 aliphatic carbocycles. The maximum atomic E-state index is 13.0. The van der Waals surface area contributed by atoms with Crippen LogP contribution in [0.2, 0.25) is 0 Å². The molecule has 0 radical (unpaired) electrons. The second-order valence-corrected chi connectivity index (χ2v) is 9.27. The van der Waals surface area contributed by atoms with Gasteiger partial charge in [0.1, 0.15) is 0 Å². The second-order valence-electron chi connectivity index (χ2n) is 6.39. The van der Waals surface area contributed by atoms with Crippen LogP contribution in [-0.4, -0.2) is 21.4 Å². The summed E-state index contributed by atoms with van der Waals surface area (Å²) in [6, 6.07) is 0.